The minimum Gasteiger partial charge on any atom is -0.376 e. The zero-order valence-corrected chi connectivity index (χ0v) is 16.2. The molecule has 0 bridgehead atoms. The molecule has 142 valence electrons. The van der Waals surface area contributed by atoms with Gasteiger partial charge in [-0.05, 0) is 48.9 Å². The molecular weight excluding hydrogens is 376 g/mol. The Bertz CT molecular complexity index is 1190. The molecule has 0 atom stereocenters. The number of pyridine rings is 1. The van der Waals surface area contributed by atoms with Crippen LogP contribution in [0.5, 0.6) is 0 Å². The Kier molecular flexibility index (Phi) is 3.93. The smallest absolute Gasteiger partial charge is 0.228 e. The monoisotopic (exact) mass is 394 g/mol. The van der Waals surface area contributed by atoms with Crippen molar-refractivity contribution in [1.82, 2.24) is 29.2 Å². The van der Waals surface area contributed by atoms with Gasteiger partial charge in [-0.25, -0.2) is 9.50 Å². The van der Waals surface area contributed by atoms with Crippen molar-refractivity contribution in [3.05, 3.63) is 36.7 Å². The maximum absolute atomic E-state index is 11.9. The molecule has 1 N–H and O–H groups in total. The second-order valence-corrected chi connectivity index (χ2v) is 7.95. The number of nitrogens with one attached hydrogen (secondary N) is 1. The van der Waals surface area contributed by atoms with E-state index in [0.29, 0.717) is 11.5 Å². The van der Waals surface area contributed by atoms with E-state index in [-0.39, 0.29) is 11.8 Å². The molecule has 0 spiro atoms. The highest BCUT2D eigenvalue weighted by Crippen LogP contribution is 2.30. The molecule has 1 saturated carbocycles. The zero-order valence-electron chi connectivity index (χ0n) is 15.4. The minimum absolute atomic E-state index is 0.0321. The number of imidazole rings is 1. The lowest BCUT2D eigenvalue weighted by Crippen LogP contribution is -2.13. The van der Waals surface area contributed by atoms with Gasteiger partial charge in [0.1, 0.15) is 5.03 Å². The lowest BCUT2D eigenvalue weighted by Gasteiger charge is -2.12. The maximum atomic E-state index is 11.9. The van der Waals surface area contributed by atoms with Crippen molar-refractivity contribution < 1.29 is 4.79 Å². The van der Waals surface area contributed by atoms with E-state index in [1.165, 1.54) is 11.8 Å². The molecule has 0 aliphatic heterocycles. The van der Waals surface area contributed by atoms with Crippen LogP contribution in [0.15, 0.2) is 46.8 Å². The van der Waals surface area contributed by atoms with Crippen molar-refractivity contribution in [2.45, 2.75) is 23.0 Å². The molecule has 4 aromatic rings. The highest BCUT2D eigenvalue weighted by Gasteiger charge is 2.30. The predicted octanol–water partition coefficient (Wildman–Crippen LogP) is 2.34. The number of anilines is 2. The van der Waals surface area contributed by atoms with Crippen molar-refractivity contribution in [3.8, 4) is 0 Å². The van der Waals surface area contributed by atoms with Crippen molar-refractivity contribution >= 4 is 40.5 Å². The second kappa shape index (κ2) is 6.48. The van der Waals surface area contributed by atoms with E-state index in [4.69, 9.17) is 0 Å². The average Bonchev–Trinajstić information content (AvgIpc) is 3.35. The number of nitrogens with zero attached hydrogens (tertiary/aromatic N) is 7. The fraction of sp³-hybridized carbons (Fsp3) is 0.278. The Morgan fingerprint density at radius 3 is 2.75 bits per heavy atom. The number of rotatable bonds is 5. The molecule has 0 radical (unpaired) electrons. The standard InChI is InChI=1S/C18H18N8OS/c1-24(2)12-5-6-15-21-22-18(25(15)9-12)28-16-8-7-14-19-13(10-26(14)23-16)20-17(27)11-3-4-11/h5-11H,3-4H2,1-2H3,(H,20,27). The average molecular weight is 394 g/mol. The van der Waals surface area contributed by atoms with E-state index in [9.17, 15) is 4.79 Å². The molecule has 0 saturated heterocycles. The van der Waals surface area contributed by atoms with E-state index >= 15 is 0 Å². The Labute approximate surface area is 164 Å². The number of hydrogen-bond donors (Lipinski definition) is 1. The van der Waals surface area contributed by atoms with Gasteiger partial charge in [-0.3, -0.25) is 9.20 Å². The summed E-state index contributed by atoms with van der Waals surface area (Å²) in [6.45, 7) is 0. The van der Waals surface area contributed by atoms with Crippen molar-refractivity contribution in [2.75, 3.05) is 24.3 Å². The summed E-state index contributed by atoms with van der Waals surface area (Å²) in [7, 11) is 3.99. The van der Waals surface area contributed by atoms with Crippen LogP contribution in [0.1, 0.15) is 12.8 Å². The molecule has 0 aromatic carbocycles. The number of fused-ring (bicyclic) bond motifs is 2. The number of hydrogen-bond acceptors (Lipinski definition) is 7. The first-order valence-electron chi connectivity index (χ1n) is 8.94. The predicted molar refractivity (Wildman–Crippen MR) is 106 cm³/mol. The first-order valence-corrected chi connectivity index (χ1v) is 9.76. The van der Waals surface area contributed by atoms with E-state index in [0.717, 1.165) is 34.4 Å². The maximum Gasteiger partial charge on any atom is 0.228 e. The fourth-order valence-electron chi connectivity index (χ4n) is 2.84. The molecule has 1 amide bonds. The fourth-order valence-corrected chi connectivity index (χ4v) is 3.62. The molecule has 0 unspecified atom stereocenters. The third kappa shape index (κ3) is 3.15. The largest absolute Gasteiger partial charge is 0.376 e. The third-order valence-corrected chi connectivity index (χ3v) is 5.45. The third-order valence-electron chi connectivity index (χ3n) is 4.56. The summed E-state index contributed by atoms with van der Waals surface area (Å²) in [4.78, 5) is 18.4. The lowest BCUT2D eigenvalue weighted by molar-refractivity contribution is -0.117. The summed E-state index contributed by atoms with van der Waals surface area (Å²) in [6, 6.07) is 7.70. The minimum atomic E-state index is 0.0321. The van der Waals surface area contributed by atoms with Crippen LogP contribution in [0.2, 0.25) is 0 Å². The molecule has 4 aromatic heterocycles. The molecule has 4 heterocycles. The van der Waals surface area contributed by atoms with Gasteiger partial charge in [0.05, 0.1) is 11.9 Å². The highest BCUT2D eigenvalue weighted by atomic mass is 32.2. The molecule has 28 heavy (non-hydrogen) atoms. The second-order valence-electron chi connectivity index (χ2n) is 6.96. The number of amides is 1. The van der Waals surface area contributed by atoms with E-state index in [1.54, 1.807) is 10.7 Å². The summed E-state index contributed by atoms with van der Waals surface area (Å²) in [5.41, 5.74) is 2.52. The Morgan fingerprint density at radius 1 is 1.14 bits per heavy atom. The topological polar surface area (TPSA) is 92.7 Å². The first kappa shape index (κ1) is 17.0. The van der Waals surface area contributed by atoms with Gasteiger partial charge in [0.25, 0.3) is 0 Å². The zero-order chi connectivity index (χ0) is 19.3. The number of carbonyl (C=O) groups excluding carboxylic acids is 1. The van der Waals surface area contributed by atoms with Gasteiger partial charge in [-0.2, -0.15) is 5.10 Å². The summed E-state index contributed by atoms with van der Waals surface area (Å²) in [6.07, 6.45) is 5.64. The van der Waals surface area contributed by atoms with Crippen LogP contribution < -0.4 is 10.2 Å². The Balaban J connectivity index is 1.42. The van der Waals surface area contributed by atoms with Crippen molar-refractivity contribution in [2.24, 2.45) is 5.92 Å². The van der Waals surface area contributed by atoms with Crippen LogP contribution in [-0.2, 0) is 4.79 Å². The van der Waals surface area contributed by atoms with E-state index in [2.05, 4.69) is 25.6 Å². The molecule has 1 aliphatic rings. The molecule has 9 nitrogen and oxygen atoms in total. The van der Waals surface area contributed by atoms with Gasteiger partial charge in [-0.15, -0.1) is 10.2 Å². The molecule has 5 rings (SSSR count). The van der Waals surface area contributed by atoms with Gasteiger partial charge < -0.3 is 10.2 Å². The van der Waals surface area contributed by atoms with Gasteiger partial charge in [0.2, 0.25) is 11.1 Å². The molecule has 10 heteroatoms. The Morgan fingerprint density at radius 2 is 1.96 bits per heavy atom. The highest BCUT2D eigenvalue weighted by molar-refractivity contribution is 7.99. The van der Waals surface area contributed by atoms with E-state index in [1.807, 2.05) is 53.9 Å². The summed E-state index contributed by atoms with van der Waals surface area (Å²) in [5, 5.41) is 17.4. The van der Waals surface area contributed by atoms with Crippen LogP contribution >= 0.6 is 11.8 Å². The first-order chi connectivity index (χ1) is 13.6. The normalized spacial score (nSPS) is 13.9. The summed E-state index contributed by atoms with van der Waals surface area (Å²) < 4.78 is 3.61. The molecule has 1 aliphatic carbocycles. The van der Waals surface area contributed by atoms with Gasteiger partial charge in [-0.1, -0.05) is 0 Å². The van der Waals surface area contributed by atoms with Crippen LogP contribution in [0.4, 0.5) is 11.5 Å². The molecular formula is C18H18N8OS. The number of aromatic nitrogens is 6. The van der Waals surface area contributed by atoms with Crippen molar-refractivity contribution in [3.63, 3.8) is 0 Å². The number of carbonyl (C=O) groups is 1. The quantitative estimate of drug-likeness (QED) is 0.555. The van der Waals surface area contributed by atoms with Gasteiger partial charge in [0.15, 0.2) is 17.1 Å². The summed E-state index contributed by atoms with van der Waals surface area (Å²) >= 11 is 1.42. The van der Waals surface area contributed by atoms with Crippen LogP contribution in [0, 0.1) is 5.92 Å². The van der Waals surface area contributed by atoms with Crippen molar-refractivity contribution in [1.29, 1.82) is 0 Å². The Hall–Kier alpha value is -3.14. The van der Waals surface area contributed by atoms with Crippen LogP contribution in [-0.4, -0.2) is 49.2 Å². The van der Waals surface area contributed by atoms with Crippen LogP contribution in [0.25, 0.3) is 11.3 Å². The van der Waals surface area contributed by atoms with Gasteiger partial charge in [0, 0.05) is 26.2 Å². The lowest BCUT2D eigenvalue weighted by atomic mass is 10.4. The summed E-state index contributed by atoms with van der Waals surface area (Å²) in [5.74, 6) is 0.692. The molecule has 1 fully saturated rings. The SMILES string of the molecule is CN(C)c1ccc2nnc(Sc3ccc4nc(NC(=O)C5CC5)cn4n3)n2c1. The van der Waals surface area contributed by atoms with Crippen LogP contribution in [0.3, 0.4) is 0 Å². The van der Waals surface area contributed by atoms with E-state index < -0.39 is 0 Å². The van der Waals surface area contributed by atoms with Gasteiger partial charge >= 0.3 is 0 Å².